The van der Waals surface area contributed by atoms with E-state index in [-0.39, 0.29) is 12.1 Å². The van der Waals surface area contributed by atoms with Crippen LogP contribution in [0.5, 0.6) is 0 Å². The van der Waals surface area contributed by atoms with Gasteiger partial charge in [-0.3, -0.25) is 0 Å². The lowest BCUT2D eigenvalue weighted by molar-refractivity contribution is -0.0975. The van der Waals surface area contributed by atoms with Gasteiger partial charge in [-0.05, 0) is 11.5 Å². The predicted molar refractivity (Wildman–Crippen MR) is 49.6 cm³/mol. The summed E-state index contributed by atoms with van der Waals surface area (Å²) in [5, 5.41) is 1.95. The van der Waals surface area contributed by atoms with Crippen molar-refractivity contribution in [3.05, 3.63) is 17.1 Å². The van der Waals surface area contributed by atoms with Crippen LogP contribution in [0.4, 0.5) is 0 Å². The van der Waals surface area contributed by atoms with Crippen LogP contribution in [0, 0.1) is 0 Å². The van der Waals surface area contributed by atoms with Crippen molar-refractivity contribution in [1.29, 1.82) is 0 Å². The maximum absolute atomic E-state index is 5.98. The molecule has 2 heterocycles. The van der Waals surface area contributed by atoms with Gasteiger partial charge in [-0.1, -0.05) is 0 Å². The number of hydrogen-bond acceptors (Lipinski definition) is 5. The average Bonchev–Trinajstić information content (AvgIpc) is 2.71. The summed E-state index contributed by atoms with van der Waals surface area (Å²) < 4.78 is 14.8. The Labute approximate surface area is 80.8 Å². The van der Waals surface area contributed by atoms with Crippen LogP contribution in [0.2, 0.25) is 0 Å². The minimum Gasteiger partial charge on any atom is -0.376 e. The molecular weight excluding hydrogens is 188 g/mol. The Morgan fingerprint density at radius 1 is 1.62 bits per heavy atom. The van der Waals surface area contributed by atoms with E-state index in [0.717, 1.165) is 5.56 Å². The van der Waals surface area contributed by atoms with Gasteiger partial charge in [0.1, 0.15) is 6.10 Å². The number of nitrogens with two attached hydrogens (primary N) is 1. The Morgan fingerprint density at radius 3 is 3.15 bits per heavy atom. The first-order valence-electron chi connectivity index (χ1n) is 4.22. The first-order chi connectivity index (χ1) is 6.38. The van der Waals surface area contributed by atoms with Gasteiger partial charge in [-0.25, -0.2) is 4.37 Å². The standard InChI is InChI=1S/C8H12N2O2S/c9-8(6-3-10-13-5-6)7-4-11-1-2-12-7/h3,5,7-8H,1-2,4,9H2. The fourth-order valence-electron chi connectivity index (χ4n) is 1.31. The third-order valence-corrected chi connectivity index (χ3v) is 2.68. The maximum Gasteiger partial charge on any atom is 0.100 e. The van der Waals surface area contributed by atoms with Crippen LogP contribution in [-0.2, 0) is 9.47 Å². The van der Waals surface area contributed by atoms with Crippen molar-refractivity contribution in [1.82, 2.24) is 4.37 Å². The Kier molecular flexibility index (Phi) is 2.90. The summed E-state index contributed by atoms with van der Waals surface area (Å²) in [6, 6.07) is -0.112. The summed E-state index contributed by atoms with van der Waals surface area (Å²) in [6.07, 6.45) is 1.76. The Balaban J connectivity index is 1.99. The third kappa shape index (κ3) is 2.05. The normalized spacial score (nSPS) is 25.8. The SMILES string of the molecule is NC(c1cnsc1)C1COCCO1. The summed E-state index contributed by atoms with van der Waals surface area (Å²) >= 11 is 1.41. The van der Waals surface area contributed by atoms with Gasteiger partial charge >= 0.3 is 0 Å². The van der Waals surface area contributed by atoms with E-state index in [0.29, 0.717) is 19.8 Å². The fourth-order valence-corrected chi connectivity index (χ4v) is 1.89. The topological polar surface area (TPSA) is 57.4 Å². The molecule has 1 aromatic heterocycles. The minimum atomic E-state index is -0.112. The molecule has 0 aliphatic carbocycles. The van der Waals surface area contributed by atoms with Gasteiger partial charge in [0.25, 0.3) is 0 Å². The highest BCUT2D eigenvalue weighted by molar-refractivity contribution is 7.03. The minimum absolute atomic E-state index is 0.0230. The molecule has 1 fully saturated rings. The molecule has 0 bridgehead atoms. The number of ether oxygens (including phenoxy) is 2. The molecule has 13 heavy (non-hydrogen) atoms. The van der Waals surface area contributed by atoms with Gasteiger partial charge in [0.15, 0.2) is 0 Å². The van der Waals surface area contributed by atoms with Gasteiger partial charge in [0.05, 0.1) is 25.9 Å². The van der Waals surface area contributed by atoms with Gasteiger partial charge in [0.2, 0.25) is 0 Å². The zero-order chi connectivity index (χ0) is 9.10. The lowest BCUT2D eigenvalue weighted by atomic mass is 10.1. The molecule has 2 rings (SSSR count). The van der Waals surface area contributed by atoms with E-state index in [1.807, 2.05) is 5.38 Å². The summed E-state index contributed by atoms with van der Waals surface area (Å²) in [5.41, 5.74) is 7.00. The van der Waals surface area contributed by atoms with Crippen LogP contribution in [0.15, 0.2) is 11.6 Å². The van der Waals surface area contributed by atoms with Crippen molar-refractivity contribution in [2.24, 2.45) is 5.73 Å². The van der Waals surface area contributed by atoms with Crippen molar-refractivity contribution in [3.63, 3.8) is 0 Å². The molecule has 0 aromatic carbocycles. The van der Waals surface area contributed by atoms with Crippen LogP contribution < -0.4 is 5.73 Å². The summed E-state index contributed by atoms with van der Waals surface area (Å²) in [6.45, 7) is 1.89. The molecule has 1 saturated heterocycles. The van der Waals surface area contributed by atoms with Crippen molar-refractivity contribution in [3.8, 4) is 0 Å². The van der Waals surface area contributed by atoms with E-state index in [1.54, 1.807) is 6.20 Å². The average molecular weight is 200 g/mol. The Hall–Kier alpha value is -0.490. The molecule has 2 unspecified atom stereocenters. The first-order valence-corrected chi connectivity index (χ1v) is 5.06. The monoisotopic (exact) mass is 200 g/mol. The van der Waals surface area contributed by atoms with Gasteiger partial charge in [0, 0.05) is 17.1 Å². The lowest BCUT2D eigenvalue weighted by Crippen LogP contribution is -2.37. The quantitative estimate of drug-likeness (QED) is 0.757. The molecule has 4 nitrogen and oxygen atoms in total. The maximum atomic E-state index is 5.98. The van der Waals surface area contributed by atoms with E-state index in [4.69, 9.17) is 15.2 Å². The van der Waals surface area contributed by atoms with Crippen LogP contribution in [0.1, 0.15) is 11.6 Å². The van der Waals surface area contributed by atoms with Crippen LogP contribution in [0.25, 0.3) is 0 Å². The van der Waals surface area contributed by atoms with Crippen molar-refractivity contribution >= 4 is 11.5 Å². The molecule has 1 aromatic rings. The molecule has 5 heteroatoms. The Bertz CT molecular complexity index is 247. The van der Waals surface area contributed by atoms with Crippen molar-refractivity contribution in [2.45, 2.75) is 12.1 Å². The molecule has 0 saturated carbocycles. The number of rotatable bonds is 2. The lowest BCUT2D eigenvalue weighted by Gasteiger charge is -2.27. The smallest absolute Gasteiger partial charge is 0.100 e. The third-order valence-electron chi connectivity index (χ3n) is 2.08. The fraction of sp³-hybridized carbons (Fsp3) is 0.625. The summed E-state index contributed by atoms with van der Waals surface area (Å²) in [4.78, 5) is 0. The second-order valence-electron chi connectivity index (χ2n) is 2.97. The highest BCUT2D eigenvalue weighted by Gasteiger charge is 2.23. The largest absolute Gasteiger partial charge is 0.376 e. The first kappa shape index (κ1) is 9.08. The molecule has 2 atom stereocenters. The van der Waals surface area contributed by atoms with Gasteiger partial charge in [-0.15, -0.1) is 0 Å². The Morgan fingerprint density at radius 2 is 2.54 bits per heavy atom. The van der Waals surface area contributed by atoms with Crippen LogP contribution in [0.3, 0.4) is 0 Å². The molecule has 0 radical (unpaired) electrons. The second-order valence-corrected chi connectivity index (χ2v) is 3.63. The number of hydrogen-bond donors (Lipinski definition) is 1. The van der Waals surface area contributed by atoms with Crippen LogP contribution >= 0.6 is 11.5 Å². The van der Waals surface area contributed by atoms with E-state index in [1.165, 1.54) is 11.5 Å². The van der Waals surface area contributed by atoms with Crippen molar-refractivity contribution < 1.29 is 9.47 Å². The highest BCUT2D eigenvalue weighted by atomic mass is 32.1. The van der Waals surface area contributed by atoms with E-state index in [2.05, 4.69) is 4.37 Å². The molecular formula is C8H12N2O2S. The van der Waals surface area contributed by atoms with E-state index >= 15 is 0 Å². The van der Waals surface area contributed by atoms with E-state index < -0.39 is 0 Å². The molecule has 1 aliphatic rings. The second kappa shape index (κ2) is 4.15. The number of nitrogens with zero attached hydrogens (tertiary/aromatic N) is 1. The van der Waals surface area contributed by atoms with E-state index in [9.17, 15) is 0 Å². The predicted octanol–water partition coefficient (Wildman–Crippen LogP) is 0.558. The number of aromatic nitrogens is 1. The molecule has 1 aliphatic heterocycles. The molecule has 0 spiro atoms. The molecule has 72 valence electrons. The summed E-state index contributed by atoms with van der Waals surface area (Å²) in [5.74, 6) is 0. The van der Waals surface area contributed by atoms with Crippen molar-refractivity contribution in [2.75, 3.05) is 19.8 Å². The molecule has 2 N–H and O–H groups in total. The van der Waals surface area contributed by atoms with Gasteiger partial charge < -0.3 is 15.2 Å². The zero-order valence-corrected chi connectivity index (χ0v) is 8.00. The van der Waals surface area contributed by atoms with Crippen LogP contribution in [-0.4, -0.2) is 30.3 Å². The highest BCUT2D eigenvalue weighted by Crippen LogP contribution is 2.19. The zero-order valence-electron chi connectivity index (χ0n) is 7.18. The summed E-state index contributed by atoms with van der Waals surface area (Å²) in [7, 11) is 0. The van der Waals surface area contributed by atoms with Gasteiger partial charge in [-0.2, -0.15) is 0 Å². The molecule has 0 amide bonds.